The summed E-state index contributed by atoms with van der Waals surface area (Å²) in [4.78, 5) is 26.5. The number of benzene rings is 1. The van der Waals surface area contributed by atoms with Crippen LogP contribution in [0.5, 0.6) is 0 Å². The second-order valence-electron chi connectivity index (χ2n) is 6.22. The van der Waals surface area contributed by atoms with E-state index in [1.165, 1.54) is 11.3 Å². The molecule has 2 amide bonds. The second-order valence-corrected chi connectivity index (χ2v) is 9.02. The van der Waals surface area contributed by atoms with Crippen molar-refractivity contribution in [2.45, 2.75) is 36.8 Å². The van der Waals surface area contributed by atoms with Crippen LogP contribution in [0.25, 0.3) is 0 Å². The molecule has 2 aromatic rings. The Bertz CT molecular complexity index is 790. The standard InChI is InChI=1S/C17H20N4O2S2/c1-10(2)24-17-20-19-16(25-17)18-15(23)12-8-14(22)21(9-12)13-7-5-4-6-11(13)3/h4-7,10,12H,8-9H2,1-3H3,(H,18,19,23)/t12-/m1/s1. The smallest absolute Gasteiger partial charge is 0.231 e. The quantitative estimate of drug-likeness (QED) is 0.640. The zero-order valence-electron chi connectivity index (χ0n) is 14.4. The van der Waals surface area contributed by atoms with E-state index in [0.717, 1.165) is 15.6 Å². The number of para-hydroxylation sites is 1. The summed E-state index contributed by atoms with van der Waals surface area (Å²) in [6.45, 7) is 6.51. The molecule has 0 bridgehead atoms. The van der Waals surface area contributed by atoms with Gasteiger partial charge in [0.2, 0.25) is 16.9 Å². The van der Waals surface area contributed by atoms with Crippen LogP contribution in [0, 0.1) is 12.8 Å². The number of aryl methyl sites for hydroxylation is 1. The molecule has 8 heteroatoms. The molecule has 0 spiro atoms. The lowest BCUT2D eigenvalue weighted by Gasteiger charge is -2.18. The molecule has 1 aliphatic rings. The molecule has 1 aromatic heterocycles. The van der Waals surface area contributed by atoms with Crippen molar-refractivity contribution < 1.29 is 9.59 Å². The lowest BCUT2D eigenvalue weighted by Crippen LogP contribution is -2.28. The number of amides is 2. The van der Waals surface area contributed by atoms with Crippen molar-refractivity contribution in [1.82, 2.24) is 10.2 Å². The molecule has 1 N–H and O–H groups in total. The Hall–Kier alpha value is -1.93. The fourth-order valence-corrected chi connectivity index (χ4v) is 4.68. The number of nitrogens with zero attached hydrogens (tertiary/aromatic N) is 3. The zero-order valence-corrected chi connectivity index (χ0v) is 16.0. The molecule has 0 aliphatic carbocycles. The van der Waals surface area contributed by atoms with E-state index in [1.807, 2.05) is 31.2 Å². The van der Waals surface area contributed by atoms with Gasteiger partial charge >= 0.3 is 0 Å². The van der Waals surface area contributed by atoms with Crippen molar-refractivity contribution >= 4 is 45.7 Å². The third-order valence-electron chi connectivity index (χ3n) is 3.88. The average molecular weight is 377 g/mol. The van der Waals surface area contributed by atoms with Crippen LogP contribution in [0.3, 0.4) is 0 Å². The van der Waals surface area contributed by atoms with Crippen LogP contribution in [0.2, 0.25) is 0 Å². The maximum atomic E-state index is 12.5. The molecule has 1 aliphatic heterocycles. The van der Waals surface area contributed by atoms with E-state index in [-0.39, 0.29) is 24.2 Å². The highest BCUT2D eigenvalue weighted by Crippen LogP contribution is 2.31. The van der Waals surface area contributed by atoms with Gasteiger partial charge < -0.3 is 10.2 Å². The topological polar surface area (TPSA) is 75.2 Å². The van der Waals surface area contributed by atoms with Crippen LogP contribution in [0.15, 0.2) is 28.6 Å². The molecule has 1 saturated heterocycles. The summed E-state index contributed by atoms with van der Waals surface area (Å²) in [7, 11) is 0. The summed E-state index contributed by atoms with van der Waals surface area (Å²) in [5.41, 5.74) is 1.89. The van der Waals surface area contributed by atoms with Crippen molar-refractivity contribution in [2.24, 2.45) is 5.92 Å². The molecule has 2 heterocycles. The summed E-state index contributed by atoms with van der Waals surface area (Å²) in [5, 5.41) is 11.8. The summed E-state index contributed by atoms with van der Waals surface area (Å²) in [6.07, 6.45) is 0.215. The number of aromatic nitrogens is 2. The van der Waals surface area contributed by atoms with Crippen molar-refractivity contribution in [3.8, 4) is 0 Å². The Morgan fingerprint density at radius 2 is 2.12 bits per heavy atom. The van der Waals surface area contributed by atoms with Gasteiger partial charge in [-0.05, 0) is 18.6 Å². The molecular formula is C17H20N4O2S2. The minimum atomic E-state index is -0.378. The Labute approximate surface area is 155 Å². The van der Waals surface area contributed by atoms with E-state index >= 15 is 0 Å². The van der Waals surface area contributed by atoms with Crippen LogP contribution < -0.4 is 10.2 Å². The summed E-state index contributed by atoms with van der Waals surface area (Å²) in [6, 6.07) is 7.71. The molecule has 3 rings (SSSR count). The van der Waals surface area contributed by atoms with Gasteiger partial charge in [-0.2, -0.15) is 0 Å². The molecule has 1 atom stereocenters. The normalized spacial score (nSPS) is 17.4. The lowest BCUT2D eigenvalue weighted by atomic mass is 10.1. The van der Waals surface area contributed by atoms with E-state index in [1.54, 1.807) is 16.7 Å². The lowest BCUT2D eigenvalue weighted by molar-refractivity contribution is -0.122. The van der Waals surface area contributed by atoms with Crippen LogP contribution in [-0.2, 0) is 9.59 Å². The highest BCUT2D eigenvalue weighted by molar-refractivity contribution is 8.01. The van der Waals surface area contributed by atoms with Crippen LogP contribution in [0.1, 0.15) is 25.8 Å². The van der Waals surface area contributed by atoms with Gasteiger partial charge in [0, 0.05) is 23.9 Å². The summed E-state index contributed by atoms with van der Waals surface area (Å²) < 4.78 is 0.828. The van der Waals surface area contributed by atoms with Gasteiger partial charge in [0.25, 0.3) is 0 Å². The van der Waals surface area contributed by atoms with Gasteiger partial charge in [-0.15, -0.1) is 10.2 Å². The maximum absolute atomic E-state index is 12.5. The number of anilines is 2. The van der Waals surface area contributed by atoms with Gasteiger partial charge in [-0.1, -0.05) is 55.1 Å². The van der Waals surface area contributed by atoms with Crippen molar-refractivity contribution in [2.75, 3.05) is 16.8 Å². The summed E-state index contributed by atoms with van der Waals surface area (Å²) in [5.74, 6) is -0.582. The van der Waals surface area contributed by atoms with E-state index in [2.05, 4.69) is 29.4 Å². The fraction of sp³-hybridized carbons (Fsp3) is 0.412. The molecule has 0 radical (unpaired) electrons. The monoisotopic (exact) mass is 376 g/mol. The third kappa shape index (κ3) is 4.19. The minimum Gasteiger partial charge on any atom is -0.311 e. The SMILES string of the molecule is Cc1ccccc1N1C[C@H](C(=O)Nc2nnc(SC(C)C)s2)CC1=O. The molecule has 132 valence electrons. The Morgan fingerprint density at radius 3 is 2.84 bits per heavy atom. The van der Waals surface area contributed by atoms with Gasteiger partial charge in [0.05, 0.1) is 5.92 Å². The average Bonchev–Trinajstić information content (AvgIpc) is 3.14. The van der Waals surface area contributed by atoms with Gasteiger partial charge in [0.1, 0.15) is 0 Å². The maximum Gasteiger partial charge on any atom is 0.231 e. The van der Waals surface area contributed by atoms with E-state index in [4.69, 9.17) is 0 Å². The molecule has 0 unspecified atom stereocenters. The highest BCUT2D eigenvalue weighted by atomic mass is 32.2. The summed E-state index contributed by atoms with van der Waals surface area (Å²) >= 11 is 2.97. The molecule has 1 fully saturated rings. The van der Waals surface area contributed by atoms with Crippen LogP contribution in [0.4, 0.5) is 10.8 Å². The predicted octanol–water partition coefficient (Wildman–Crippen LogP) is 3.34. The first kappa shape index (κ1) is 17.9. The second kappa shape index (κ2) is 7.53. The number of rotatable bonds is 5. The van der Waals surface area contributed by atoms with E-state index in [9.17, 15) is 9.59 Å². The van der Waals surface area contributed by atoms with E-state index < -0.39 is 0 Å². The first-order chi connectivity index (χ1) is 11.9. The molecule has 1 aromatic carbocycles. The van der Waals surface area contributed by atoms with Crippen molar-refractivity contribution in [1.29, 1.82) is 0 Å². The largest absolute Gasteiger partial charge is 0.311 e. The number of hydrogen-bond donors (Lipinski definition) is 1. The highest BCUT2D eigenvalue weighted by Gasteiger charge is 2.36. The Kier molecular flexibility index (Phi) is 5.39. The molecule has 6 nitrogen and oxygen atoms in total. The van der Waals surface area contributed by atoms with Gasteiger partial charge in [0.15, 0.2) is 4.34 Å². The van der Waals surface area contributed by atoms with Crippen molar-refractivity contribution in [3.05, 3.63) is 29.8 Å². The fourth-order valence-electron chi connectivity index (χ4n) is 2.70. The Balaban J connectivity index is 1.65. The number of nitrogens with one attached hydrogen (secondary N) is 1. The number of carbonyl (C=O) groups excluding carboxylic acids is 2. The molecular weight excluding hydrogens is 356 g/mol. The first-order valence-electron chi connectivity index (χ1n) is 8.11. The number of carbonyl (C=O) groups is 2. The zero-order chi connectivity index (χ0) is 18.0. The van der Waals surface area contributed by atoms with E-state index in [0.29, 0.717) is 16.9 Å². The van der Waals surface area contributed by atoms with Crippen molar-refractivity contribution in [3.63, 3.8) is 0 Å². The molecule has 25 heavy (non-hydrogen) atoms. The van der Waals surface area contributed by atoms with Crippen LogP contribution in [-0.4, -0.2) is 33.8 Å². The Morgan fingerprint density at radius 1 is 1.36 bits per heavy atom. The number of thioether (sulfide) groups is 1. The third-order valence-corrected chi connectivity index (χ3v) is 5.80. The predicted molar refractivity (Wildman–Crippen MR) is 101 cm³/mol. The minimum absolute atomic E-state index is 0.0252. The first-order valence-corrected chi connectivity index (χ1v) is 9.80. The number of hydrogen-bond acceptors (Lipinski definition) is 6. The van der Waals surface area contributed by atoms with Gasteiger partial charge in [-0.25, -0.2) is 0 Å². The van der Waals surface area contributed by atoms with Crippen LogP contribution >= 0.6 is 23.1 Å². The van der Waals surface area contributed by atoms with Gasteiger partial charge in [-0.3, -0.25) is 9.59 Å². The molecule has 0 saturated carbocycles.